The molecule has 0 aliphatic carbocycles. The molecule has 0 radical (unpaired) electrons. The highest BCUT2D eigenvalue weighted by Gasteiger charge is 2.05. The van der Waals surface area contributed by atoms with Gasteiger partial charge in [0.2, 0.25) is 5.91 Å². The average Bonchev–Trinajstić information content (AvgIpc) is 2.40. The number of amides is 1. The van der Waals surface area contributed by atoms with Crippen LogP contribution in [0.3, 0.4) is 0 Å². The van der Waals surface area contributed by atoms with Crippen LogP contribution in [0.5, 0.6) is 0 Å². The van der Waals surface area contributed by atoms with Crippen LogP contribution in [0.2, 0.25) is 5.02 Å². The van der Waals surface area contributed by atoms with Gasteiger partial charge in [0, 0.05) is 21.3 Å². The quantitative estimate of drug-likeness (QED) is 0.668. The normalized spacial score (nSPS) is 10.2. The Balaban J connectivity index is 1.88. The van der Waals surface area contributed by atoms with Gasteiger partial charge in [-0.05, 0) is 36.4 Å². The van der Waals surface area contributed by atoms with Crippen molar-refractivity contribution in [1.82, 2.24) is 0 Å². The van der Waals surface area contributed by atoms with E-state index in [1.54, 1.807) is 24.3 Å². The van der Waals surface area contributed by atoms with Gasteiger partial charge in [-0.1, -0.05) is 23.7 Å². The number of thioether (sulfide) groups is 1. The Bertz CT molecular complexity index is 572. The number of carbonyl (C=O) groups is 1. The second kappa shape index (κ2) is 6.50. The number of carbonyl (C=O) groups excluding carboxylic acids is 1. The molecule has 3 N–H and O–H groups in total. The van der Waals surface area contributed by atoms with E-state index in [4.69, 9.17) is 17.3 Å². The summed E-state index contributed by atoms with van der Waals surface area (Å²) in [5, 5.41) is 3.44. The maximum absolute atomic E-state index is 11.8. The first-order valence-electron chi connectivity index (χ1n) is 5.68. The number of halogens is 1. The second-order valence-corrected chi connectivity index (χ2v) is 5.34. The van der Waals surface area contributed by atoms with Gasteiger partial charge >= 0.3 is 0 Å². The molecule has 0 fully saturated rings. The van der Waals surface area contributed by atoms with Gasteiger partial charge in [0.1, 0.15) is 0 Å². The van der Waals surface area contributed by atoms with Crippen LogP contribution in [0.1, 0.15) is 0 Å². The van der Waals surface area contributed by atoms with Gasteiger partial charge in [0.25, 0.3) is 0 Å². The van der Waals surface area contributed by atoms with Gasteiger partial charge in [0.15, 0.2) is 0 Å². The minimum atomic E-state index is -0.0735. The summed E-state index contributed by atoms with van der Waals surface area (Å²) in [6, 6.07) is 14.5. The molecule has 0 aromatic heterocycles. The lowest BCUT2D eigenvalue weighted by Gasteiger charge is -2.06. The van der Waals surface area contributed by atoms with Gasteiger partial charge in [-0.25, -0.2) is 0 Å². The maximum Gasteiger partial charge on any atom is 0.234 e. The summed E-state index contributed by atoms with van der Waals surface area (Å²) < 4.78 is 0. The zero-order chi connectivity index (χ0) is 13.7. The molecule has 0 spiro atoms. The summed E-state index contributed by atoms with van der Waals surface area (Å²) in [6.07, 6.45) is 0. The fraction of sp³-hybridized carbons (Fsp3) is 0.0714. The number of nitrogen functional groups attached to an aromatic ring is 1. The van der Waals surface area contributed by atoms with Gasteiger partial charge in [0.05, 0.1) is 5.75 Å². The van der Waals surface area contributed by atoms with E-state index >= 15 is 0 Å². The zero-order valence-corrected chi connectivity index (χ0v) is 11.7. The van der Waals surface area contributed by atoms with E-state index < -0.39 is 0 Å². The van der Waals surface area contributed by atoms with E-state index in [9.17, 15) is 4.79 Å². The third kappa shape index (κ3) is 4.19. The molecule has 0 bridgehead atoms. The number of hydrogen-bond acceptors (Lipinski definition) is 3. The minimum Gasteiger partial charge on any atom is -0.398 e. The predicted molar refractivity (Wildman–Crippen MR) is 81.7 cm³/mol. The van der Waals surface area contributed by atoms with E-state index in [2.05, 4.69) is 5.32 Å². The summed E-state index contributed by atoms with van der Waals surface area (Å²) in [5.41, 5.74) is 7.23. The van der Waals surface area contributed by atoms with Crippen LogP contribution in [0.4, 0.5) is 11.4 Å². The molecule has 0 atom stereocenters. The number of nitrogens with one attached hydrogen (secondary N) is 1. The first kappa shape index (κ1) is 13.8. The Hall–Kier alpha value is -1.65. The molecule has 0 saturated carbocycles. The molecular formula is C14H13ClN2OS. The highest BCUT2D eigenvalue weighted by Crippen LogP contribution is 2.24. The topological polar surface area (TPSA) is 55.1 Å². The summed E-state index contributed by atoms with van der Waals surface area (Å²) in [6.45, 7) is 0. The summed E-state index contributed by atoms with van der Waals surface area (Å²) in [7, 11) is 0. The second-order valence-electron chi connectivity index (χ2n) is 3.88. The van der Waals surface area contributed by atoms with Crippen molar-refractivity contribution in [2.75, 3.05) is 16.8 Å². The van der Waals surface area contributed by atoms with Crippen LogP contribution in [0, 0.1) is 0 Å². The van der Waals surface area contributed by atoms with Crippen LogP contribution >= 0.6 is 23.4 Å². The first-order valence-corrected chi connectivity index (χ1v) is 7.04. The van der Waals surface area contributed by atoms with Crippen molar-refractivity contribution in [3.8, 4) is 0 Å². The Morgan fingerprint density at radius 3 is 2.53 bits per heavy atom. The van der Waals surface area contributed by atoms with Crippen molar-refractivity contribution < 1.29 is 4.79 Å². The molecular weight excluding hydrogens is 280 g/mol. The number of hydrogen-bond donors (Lipinski definition) is 2. The van der Waals surface area contributed by atoms with Crippen LogP contribution in [0.15, 0.2) is 53.4 Å². The van der Waals surface area contributed by atoms with Crippen LogP contribution in [0.25, 0.3) is 0 Å². The molecule has 1 amide bonds. The molecule has 2 rings (SSSR count). The molecule has 98 valence electrons. The molecule has 19 heavy (non-hydrogen) atoms. The van der Waals surface area contributed by atoms with Crippen molar-refractivity contribution in [3.63, 3.8) is 0 Å². The summed E-state index contributed by atoms with van der Waals surface area (Å²) in [4.78, 5) is 12.7. The minimum absolute atomic E-state index is 0.0735. The molecule has 0 aliphatic heterocycles. The first-order chi connectivity index (χ1) is 9.15. The molecule has 0 heterocycles. The fourth-order valence-electron chi connectivity index (χ4n) is 1.49. The molecule has 2 aromatic carbocycles. The highest BCUT2D eigenvalue weighted by atomic mass is 35.5. The SMILES string of the molecule is Nc1ccccc1SCC(=O)Nc1ccc(Cl)cc1. The van der Waals surface area contributed by atoms with Crippen molar-refractivity contribution in [1.29, 1.82) is 0 Å². The monoisotopic (exact) mass is 292 g/mol. The molecule has 5 heteroatoms. The van der Waals surface area contributed by atoms with Crippen molar-refractivity contribution >= 4 is 40.6 Å². The standard InChI is InChI=1S/C14H13ClN2OS/c15-10-5-7-11(8-6-10)17-14(18)9-19-13-4-2-1-3-12(13)16/h1-8H,9,16H2,(H,17,18). The van der Waals surface area contributed by atoms with Gasteiger partial charge in [-0.2, -0.15) is 0 Å². The van der Waals surface area contributed by atoms with Gasteiger partial charge in [-0.3, -0.25) is 4.79 Å². The van der Waals surface area contributed by atoms with Gasteiger partial charge < -0.3 is 11.1 Å². The maximum atomic E-state index is 11.8. The number of anilines is 2. The molecule has 0 unspecified atom stereocenters. The van der Waals surface area contributed by atoms with Crippen molar-refractivity contribution in [2.24, 2.45) is 0 Å². The van der Waals surface area contributed by atoms with E-state index in [0.29, 0.717) is 16.5 Å². The number of para-hydroxylation sites is 1. The molecule has 3 nitrogen and oxygen atoms in total. The van der Waals surface area contributed by atoms with Crippen LogP contribution in [-0.2, 0) is 4.79 Å². The fourth-order valence-corrected chi connectivity index (χ4v) is 2.38. The van der Waals surface area contributed by atoms with E-state index in [1.807, 2.05) is 24.3 Å². The lowest BCUT2D eigenvalue weighted by molar-refractivity contribution is -0.113. The zero-order valence-electron chi connectivity index (χ0n) is 10.1. The average molecular weight is 293 g/mol. The van der Waals surface area contributed by atoms with E-state index in [1.165, 1.54) is 11.8 Å². The van der Waals surface area contributed by atoms with Crippen molar-refractivity contribution in [2.45, 2.75) is 4.90 Å². The summed E-state index contributed by atoms with van der Waals surface area (Å²) in [5.74, 6) is 0.243. The molecule has 0 aliphatic rings. The van der Waals surface area contributed by atoms with Crippen LogP contribution in [-0.4, -0.2) is 11.7 Å². The highest BCUT2D eigenvalue weighted by molar-refractivity contribution is 8.00. The molecule has 0 saturated heterocycles. The summed E-state index contributed by atoms with van der Waals surface area (Å²) >= 11 is 7.19. The van der Waals surface area contributed by atoms with E-state index in [0.717, 1.165) is 10.6 Å². The largest absolute Gasteiger partial charge is 0.398 e. The van der Waals surface area contributed by atoms with Crippen LogP contribution < -0.4 is 11.1 Å². The Morgan fingerprint density at radius 2 is 1.84 bits per heavy atom. The number of rotatable bonds is 4. The molecule has 2 aromatic rings. The lowest BCUT2D eigenvalue weighted by atomic mass is 10.3. The third-order valence-electron chi connectivity index (χ3n) is 2.41. The smallest absolute Gasteiger partial charge is 0.234 e. The van der Waals surface area contributed by atoms with E-state index in [-0.39, 0.29) is 5.91 Å². The third-order valence-corrected chi connectivity index (χ3v) is 3.75. The predicted octanol–water partition coefficient (Wildman–Crippen LogP) is 3.65. The van der Waals surface area contributed by atoms with Gasteiger partial charge in [-0.15, -0.1) is 11.8 Å². The Kier molecular flexibility index (Phi) is 4.71. The Labute approximate surface area is 121 Å². The Morgan fingerprint density at radius 1 is 1.16 bits per heavy atom. The van der Waals surface area contributed by atoms with Crippen molar-refractivity contribution in [3.05, 3.63) is 53.6 Å². The number of nitrogens with two attached hydrogens (primary N) is 1. The lowest BCUT2D eigenvalue weighted by Crippen LogP contribution is -2.13. The number of benzene rings is 2.